The Morgan fingerprint density at radius 3 is 2.75 bits per heavy atom. The van der Waals surface area contributed by atoms with Crippen molar-refractivity contribution in [2.75, 3.05) is 50.8 Å². The molecule has 2 fully saturated rings. The number of anilines is 1. The maximum Gasteiger partial charge on any atom is 0.222 e. The van der Waals surface area contributed by atoms with E-state index < -0.39 is 0 Å². The summed E-state index contributed by atoms with van der Waals surface area (Å²) >= 11 is 0. The molecule has 1 N–H and O–H groups in total. The van der Waals surface area contributed by atoms with Gasteiger partial charge in [-0.15, -0.1) is 0 Å². The summed E-state index contributed by atoms with van der Waals surface area (Å²) in [5, 5.41) is 3.37. The Balaban J connectivity index is 1.49. The van der Waals surface area contributed by atoms with Crippen LogP contribution in [0.3, 0.4) is 0 Å². The number of rotatable bonds is 6. The molecule has 24 heavy (non-hydrogen) atoms. The summed E-state index contributed by atoms with van der Waals surface area (Å²) in [6.45, 7) is 8.23. The van der Waals surface area contributed by atoms with Gasteiger partial charge in [0, 0.05) is 32.6 Å². The van der Waals surface area contributed by atoms with Gasteiger partial charge in [0.2, 0.25) is 5.91 Å². The van der Waals surface area contributed by atoms with Crippen LogP contribution in [0.5, 0.6) is 5.75 Å². The lowest BCUT2D eigenvalue weighted by Crippen LogP contribution is -2.48. The highest BCUT2D eigenvalue weighted by Gasteiger charge is 2.24. The molecule has 5 heteroatoms. The maximum atomic E-state index is 12.4. The molecule has 0 bridgehead atoms. The third kappa shape index (κ3) is 4.20. The molecule has 2 saturated heterocycles. The normalized spacial score (nSPS) is 21.1. The molecule has 2 aliphatic heterocycles. The number of nitrogens with one attached hydrogen (secondary N) is 1. The summed E-state index contributed by atoms with van der Waals surface area (Å²) in [7, 11) is 0. The number of nitrogens with zero attached hydrogens (tertiary/aromatic N) is 2. The predicted molar refractivity (Wildman–Crippen MR) is 96.6 cm³/mol. The Labute approximate surface area is 145 Å². The quantitative estimate of drug-likeness (QED) is 0.867. The molecule has 132 valence electrons. The molecule has 0 radical (unpaired) electrons. The zero-order chi connectivity index (χ0) is 16.8. The topological polar surface area (TPSA) is 44.8 Å². The van der Waals surface area contributed by atoms with E-state index in [1.807, 2.05) is 30.0 Å². The number of amides is 1. The summed E-state index contributed by atoms with van der Waals surface area (Å²) in [6.07, 6.45) is 2.94. The highest BCUT2D eigenvalue weighted by Crippen LogP contribution is 2.29. The maximum absolute atomic E-state index is 12.4. The lowest BCUT2D eigenvalue weighted by Gasteiger charge is -2.37. The number of para-hydroxylation sites is 2. The number of benzene rings is 1. The largest absolute Gasteiger partial charge is 0.492 e. The Morgan fingerprint density at radius 2 is 2.04 bits per heavy atom. The summed E-state index contributed by atoms with van der Waals surface area (Å²) < 4.78 is 5.73. The first kappa shape index (κ1) is 17.1. The Hall–Kier alpha value is -1.75. The van der Waals surface area contributed by atoms with Gasteiger partial charge in [0.15, 0.2) is 0 Å². The van der Waals surface area contributed by atoms with E-state index in [0.29, 0.717) is 24.9 Å². The average molecular weight is 331 g/mol. The summed E-state index contributed by atoms with van der Waals surface area (Å²) in [5.41, 5.74) is 1.14. The van der Waals surface area contributed by atoms with E-state index in [1.165, 1.54) is 6.42 Å². The van der Waals surface area contributed by atoms with Crippen LogP contribution in [0.1, 0.15) is 26.2 Å². The number of carbonyl (C=O) groups excluding carboxylic acids is 1. The van der Waals surface area contributed by atoms with Gasteiger partial charge in [-0.1, -0.05) is 12.1 Å². The second-order valence-corrected chi connectivity index (χ2v) is 6.67. The van der Waals surface area contributed by atoms with Crippen molar-refractivity contribution in [1.29, 1.82) is 0 Å². The van der Waals surface area contributed by atoms with Crippen LogP contribution >= 0.6 is 0 Å². The fraction of sp³-hybridized carbons (Fsp3) is 0.632. The van der Waals surface area contributed by atoms with E-state index in [9.17, 15) is 4.79 Å². The smallest absolute Gasteiger partial charge is 0.222 e. The number of piperazine rings is 1. The van der Waals surface area contributed by atoms with Gasteiger partial charge in [0.05, 0.1) is 12.3 Å². The molecular weight excluding hydrogens is 302 g/mol. The molecule has 1 unspecified atom stereocenters. The van der Waals surface area contributed by atoms with Crippen LogP contribution in [-0.2, 0) is 4.79 Å². The van der Waals surface area contributed by atoms with Gasteiger partial charge >= 0.3 is 0 Å². The molecule has 0 aromatic heterocycles. The van der Waals surface area contributed by atoms with Gasteiger partial charge in [0.1, 0.15) is 5.75 Å². The summed E-state index contributed by atoms with van der Waals surface area (Å²) in [4.78, 5) is 16.8. The number of hydrogen-bond acceptors (Lipinski definition) is 4. The SMILES string of the molecule is CCOc1ccccc1N1CCN(C(=O)CCC2CCNC2)CC1. The minimum atomic E-state index is 0.319. The molecule has 1 amide bonds. The minimum absolute atomic E-state index is 0.319. The standard InChI is InChI=1S/C19H29N3O2/c1-2-24-18-6-4-3-5-17(18)21-11-13-22(14-12-21)19(23)8-7-16-9-10-20-15-16/h3-6,16,20H,2,7-15H2,1H3. The zero-order valence-corrected chi connectivity index (χ0v) is 14.7. The van der Waals surface area contributed by atoms with Gasteiger partial charge in [-0.25, -0.2) is 0 Å². The summed E-state index contributed by atoms with van der Waals surface area (Å²) in [6, 6.07) is 8.18. The molecule has 1 atom stereocenters. The van der Waals surface area contributed by atoms with Gasteiger partial charge in [-0.05, 0) is 50.9 Å². The first-order valence-electron chi connectivity index (χ1n) is 9.23. The Bertz CT molecular complexity index is 535. The van der Waals surface area contributed by atoms with Gasteiger partial charge in [-0.2, -0.15) is 0 Å². The zero-order valence-electron chi connectivity index (χ0n) is 14.7. The van der Waals surface area contributed by atoms with Gasteiger partial charge < -0.3 is 19.9 Å². The van der Waals surface area contributed by atoms with Crippen molar-refractivity contribution in [3.63, 3.8) is 0 Å². The van der Waals surface area contributed by atoms with E-state index in [-0.39, 0.29) is 0 Å². The van der Waals surface area contributed by atoms with Crippen molar-refractivity contribution in [1.82, 2.24) is 10.2 Å². The van der Waals surface area contributed by atoms with Crippen LogP contribution < -0.4 is 15.0 Å². The van der Waals surface area contributed by atoms with E-state index in [4.69, 9.17) is 4.74 Å². The Kier molecular flexibility index (Phi) is 5.96. The highest BCUT2D eigenvalue weighted by molar-refractivity contribution is 5.76. The van der Waals surface area contributed by atoms with Crippen LogP contribution in [0, 0.1) is 5.92 Å². The van der Waals surface area contributed by atoms with E-state index in [0.717, 1.165) is 57.1 Å². The molecule has 2 aliphatic rings. The second kappa shape index (κ2) is 8.38. The molecular formula is C19H29N3O2. The third-order valence-electron chi connectivity index (χ3n) is 5.07. The number of hydrogen-bond donors (Lipinski definition) is 1. The molecule has 2 heterocycles. The molecule has 0 aliphatic carbocycles. The lowest BCUT2D eigenvalue weighted by molar-refractivity contribution is -0.131. The fourth-order valence-corrected chi connectivity index (χ4v) is 3.64. The fourth-order valence-electron chi connectivity index (χ4n) is 3.64. The number of ether oxygens (including phenoxy) is 1. The highest BCUT2D eigenvalue weighted by atomic mass is 16.5. The minimum Gasteiger partial charge on any atom is -0.492 e. The molecule has 1 aromatic carbocycles. The monoisotopic (exact) mass is 331 g/mol. The first-order valence-corrected chi connectivity index (χ1v) is 9.23. The molecule has 0 spiro atoms. The van der Waals surface area contributed by atoms with Gasteiger partial charge in [-0.3, -0.25) is 4.79 Å². The molecule has 3 rings (SSSR count). The van der Waals surface area contributed by atoms with Crippen molar-refractivity contribution < 1.29 is 9.53 Å². The van der Waals surface area contributed by atoms with Crippen molar-refractivity contribution in [3.05, 3.63) is 24.3 Å². The van der Waals surface area contributed by atoms with E-state index in [2.05, 4.69) is 16.3 Å². The predicted octanol–water partition coefficient (Wildman–Crippen LogP) is 2.12. The summed E-state index contributed by atoms with van der Waals surface area (Å²) in [5.74, 6) is 1.95. The van der Waals surface area contributed by atoms with E-state index in [1.54, 1.807) is 0 Å². The lowest BCUT2D eigenvalue weighted by atomic mass is 10.0. The van der Waals surface area contributed by atoms with Gasteiger partial charge in [0.25, 0.3) is 0 Å². The molecule has 0 saturated carbocycles. The number of carbonyl (C=O) groups is 1. The van der Waals surface area contributed by atoms with Crippen LogP contribution in [0.15, 0.2) is 24.3 Å². The van der Waals surface area contributed by atoms with Crippen molar-refractivity contribution in [2.24, 2.45) is 5.92 Å². The van der Waals surface area contributed by atoms with E-state index >= 15 is 0 Å². The molecule has 5 nitrogen and oxygen atoms in total. The van der Waals surface area contributed by atoms with Crippen LogP contribution in [0.25, 0.3) is 0 Å². The van der Waals surface area contributed by atoms with Crippen molar-refractivity contribution in [3.8, 4) is 5.75 Å². The first-order chi connectivity index (χ1) is 11.8. The van der Waals surface area contributed by atoms with Crippen molar-refractivity contribution in [2.45, 2.75) is 26.2 Å². The van der Waals surface area contributed by atoms with Crippen LogP contribution in [0.4, 0.5) is 5.69 Å². The second-order valence-electron chi connectivity index (χ2n) is 6.67. The van der Waals surface area contributed by atoms with Crippen LogP contribution in [0.2, 0.25) is 0 Å². The molecule has 1 aromatic rings. The third-order valence-corrected chi connectivity index (χ3v) is 5.07. The average Bonchev–Trinajstić information content (AvgIpc) is 3.14. The van der Waals surface area contributed by atoms with Crippen LogP contribution in [-0.4, -0.2) is 56.7 Å². The Morgan fingerprint density at radius 1 is 1.25 bits per heavy atom. The van der Waals surface area contributed by atoms with Crippen molar-refractivity contribution >= 4 is 11.6 Å².